The highest BCUT2D eigenvalue weighted by Crippen LogP contribution is 2.25. The molecular formula is C20H14IN3. The van der Waals surface area contributed by atoms with E-state index < -0.39 is 0 Å². The van der Waals surface area contributed by atoms with Crippen molar-refractivity contribution in [3.05, 3.63) is 82.7 Å². The van der Waals surface area contributed by atoms with Crippen molar-refractivity contribution in [2.45, 2.75) is 0 Å². The lowest BCUT2D eigenvalue weighted by Crippen LogP contribution is -2.02. The third-order valence-electron chi connectivity index (χ3n) is 3.56. The van der Waals surface area contributed by atoms with Gasteiger partial charge in [0.2, 0.25) is 0 Å². The second-order valence-electron chi connectivity index (χ2n) is 5.21. The minimum atomic E-state index is -0.0557. The van der Waals surface area contributed by atoms with Crippen LogP contribution in [0.25, 0.3) is 28.3 Å². The first-order chi connectivity index (χ1) is 11.9. The predicted octanol–water partition coefficient (Wildman–Crippen LogP) is 4.89. The number of rotatable bonds is 3. The molecule has 0 fully saturated rings. The quantitative estimate of drug-likeness (QED) is 0.564. The largest absolute Gasteiger partial charge is 0.208 e. The second kappa shape index (κ2) is 6.97. The van der Waals surface area contributed by atoms with Crippen molar-refractivity contribution in [2.24, 2.45) is 0 Å². The van der Waals surface area contributed by atoms with Gasteiger partial charge in [0.05, 0.1) is 0 Å². The van der Waals surface area contributed by atoms with Crippen LogP contribution in [-0.2, 0) is 0 Å². The Hall–Kier alpha value is -2.47. The highest BCUT2D eigenvalue weighted by atomic mass is 127. The second-order valence-corrected chi connectivity index (χ2v) is 7.27. The smallest absolute Gasteiger partial charge is 0.164 e. The Balaban J connectivity index is 1.90. The Bertz CT molecular complexity index is 887. The van der Waals surface area contributed by atoms with Crippen LogP contribution in [0.3, 0.4) is 0 Å². The molecule has 1 aromatic heterocycles. The van der Waals surface area contributed by atoms with Crippen molar-refractivity contribution in [2.75, 3.05) is 0 Å². The first-order valence-electron chi connectivity index (χ1n) is 7.59. The van der Waals surface area contributed by atoms with Gasteiger partial charge < -0.3 is 0 Å². The summed E-state index contributed by atoms with van der Waals surface area (Å²) in [5, 5.41) is 0. The Kier molecular flexibility index (Phi) is 4.38. The van der Waals surface area contributed by atoms with Crippen LogP contribution < -0.4 is 0 Å². The minimum absolute atomic E-state index is 0.0557. The Labute approximate surface area is 150 Å². The summed E-state index contributed by atoms with van der Waals surface area (Å²) in [6.45, 7) is 0. The highest BCUT2D eigenvalue weighted by Gasteiger charge is 2.12. The SMILES string of the molecule is C1=CC(c2nc(-c3ccccc3)nc(-c3ccccc3)n2)=CI=C1. The van der Waals surface area contributed by atoms with Crippen LogP contribution >= 0.6 is 20.7 Å². The lowest BCUT2D eigenvalue weighted by atomic mass is 10.1. The molecule has 0 bridgehead atoms. The number of nitrogens with zero attached hydrogens (tertiary/aromatic N) is 3. The zero-order valence-corrected chi connectivity index (χ0v) is 15.0. The van der Waals surface area contributed by atoms with Crippen molar-refractivity contribution in [1.82, 2.24) is 15.0 Å². The molecule has 1 aliphatic heterocycles. The van der Waals surface area contributed by atoms with E-state index in [0.29, 0.717) is 11.6 Å². The van der Waals surface area contributed by atoms with Crippen LogP contribution in [0.4, 0.5) is 0 Å². The molecule has 3 aromatic rings. The van der Waals surface area contributed by atoms with E-state index in [4.69, 9.17) is 15.0 Å². The molecule has 0 radical (unpaired) electrons. The van der Waals surface area contributed by atoms with Crippen LogP contribution in [0.1, 0.15) is 5.82 Å². The molecule has 24 heavy (non-hydrogen) atoms. The summed E-state index contributed by atoms with van der Waals surface area (Å²) in [6, 6.07) is 20.1. The molecule has 0 aliphatic carbocycles. The topological polar surface area (TPSA) is 38.7 Å². The predicted molar refractivity (Wildman–Crippen MR) is 108 cm³/mol. The Morgan fingerprint density at radius 3 is 1.67 bits per heavy atom. The van der Waals surface area contributed by atoms with Gasteiger partial charge in [0.15, 0.2) is 17.5 Å². The molecule has 0 unspecified atom stereocenters. The molecule has 1 aliphatic rings. The van der Waals surface area contributed by atoms with Gasteiger partial charge in [-0.05, 0) is 8.09 Å². The fourth-order valence-electron chi connectivity index (χ4n) is 2.38. The van der Waals surface area contributed by atoms with Crippen LogP contribution in [0.5, 0.6) is 0 Å². The fraction of sp³-hybridized carbons (Fsp3) is 0. The van der Waals surface area contributed by atoms with E-state index in [1.807, 2.05) is 60.7 Å². The molecule has 0 N–H and O–H groups in total. The molecule has 0 amide bonds. The normalized spacial score (nSPS) is 13.2. The van der Waals surface area contributed by atoms with Crippen molar-refractivity contribution >= 4 is 30.3 Å². The maximum Gasteiger partial charge on any atom is 0.164 e. The zero-order chi connectivity index (χ0) is 16.2. The van der Waals surface area contributed by atoms with Gasteiger partial charge in [0, 0.05) is 16.7 Å². The highest BCUT2D eigenvalue weighted by molar-refractivity contribution is 14.2. The molecule has 0 saturated heterocycles. The van der Waals surface area contributed by atoms with Crippen LogP contribution in [0.2, 0.25) is 0 Å². The van der Waals surface area contributed by atoms with Crippen molar-refractivity contribution in [1.29, 1.82) is 0 Å². The van der Waals surface area contributed by atoms with Gasteiger partial charge in [0.1, 0.15) is 0 Å². The lowest BCUT2D eigenvalue weighted by Gasteiger charge is -2.09. The summed E-state index contributed by atoms with van der Waals surface area (Å²) in [5.41, 5.74) is 3.09. The number of hydrogen-bond acceptors (Lipinski definition) is 3. The maximum absolute atomic E-state index is 4.71. The third-order valence-corrected chi connectivity index (χ3v) is 5.42. The summed E-state index contributed by atoms with van der Waals surface area (Å²) in [7, 11) is 0. The number of hydrogen-bond donors (Lipinski definition) is 0. The minimum Gasteiger partial charge on any atom is -0.208 e. The average Bonchev–Trinajstić information content (AvgIpc) is 2.70. The van der Waals surface area contributed by atoms with E-state index in [9.17, 15) is 0 Å². The number of halogens is 1. The van der Waals surface area contributed by atoms with E-state index in [0.717, 1.165) is 22.5 Å². The van der Waals surface area contributed by atoms with E-state index in [-0.39, 0.29) is 20.7 Å². The summed E-state index contributed by atoms with van der Waals surface area (Å²) >= 11 is -0.0557. The van der Waals surface area contributed by atoms with Crippen molar-refractivity contribution < 1.29 is 0 Å². The number of benzene rings is 2. The molecule has 4 heteroatoms. The average molecular weight is 423 g/mol. The van der Waals surface area contributed by atoms with Gasteiger partial charge in [-0.2, -0.15) is 0 Å². The standard InChI is InChI=1S/C20H14IN3/c1-3-8-15(9-4-1)18-22-19(16-10-5-2-6-11-16)24-20(23-18)17-12-7-13-21-14-17/h1-14H. The molecule has 0 saturated carbocycles. The van der Waals surface area contributed by atoms with Crippen LogP contribution in [0.15, 0.2) is 76.9 Å². The summed E-state index contributed by atoms with van der Waals surface area (Å²) in [5.74, 6) is 2.16. The molecule has 2 aromatic carbocycles. The van der Waals surface area contributed by atoms with Gasteiger partial charge in [-0.3, -0.25) is 0 Å². The molecule has 2 heterocycles. The van der Waals surface area contributed by atoms with Gasteiger partial charge >= 0.3 is 0 Å². The van der Waals surface area contributed by atoms with E-state index in [1.165, 1.54) is 0 Å². The Morgan fingerprint density at radius 1 is 0.625 bits per heavy atom. The first kappa shape index (κ1) is 15.1. The van der Waals surface area contributed by atoms with Gasteiger partial charge in [-0.25, -0.2) is 15.0 Å². The molecule has 4 rings (SSSR count). The third kappa shape index (κ3) is 3.23. The van der Waals surface area contributed by atoms with Crippen LogP contribution in [-0.4, -0.2) is 19.0 Å². The number of allylic oxidation sites excluding steroid dienone is 3. The van der Waals surface area contributed by atoms with Gasteiger partial charge in [-0.15, -0.1) is 0 Å². The molecular weight excluding hydrogens is 409 g/mol. The van der Waals surface area contributed by atoms with Crippen molar-refractivity contribution in [3.63, 3.8) is 0 Å². The Morgan fingerprint density at radius 2 is 1.17 bits per heavy atom. The van der Waals surface area contributed by atoms with E-state index in [2.05, 4.69) is 20.2 Å². The maximum atomic E-state index is 4.71. The van der Waals surface area contributed by atoms with E-state index in [1.54, 1.807) is 0 Å². The monoisotopic (exact) mass is 423 g/mol. The molecule has 116 valence electrons. The summed E-state index contributed by atoms with van der Waals surface area (Å²) in [6.07, 6.45) is 4.17. The zero-order valence-electron chi connectivity index (χ0n) is 12.8. The van der Waals surface area contributed by atoms with Gasteiger partial charge in [0.25, 0.3) is 0 Å². The van der Waals surface area contributed by atoms with Gasteiger partial charge in [-0.1, -0.05) is 93.5 Å². The molecule has 0 atom stereocenters. The molecule has 0 spiro atoms. The fourth-order valence-corrected chi connectivity index (χ4v) is 3.91. The van der Waals surface area contributed by atoms with E-state index >= 15 is 0 Å². The summed E-state index contributed by atoms with van der Waals surface area (Å²) in [4.78, 5) is 14.1. The molecule has 3 nitrogen and oxygen atoms in total. The first-order valence-corrected chi connectivity index (χ1v) is 10.1. The van der Waals surface area contributed by atoms with Crippen molar-refractivity contribution in [3.8, 4) is 22.8 Å². The van der Waals surface area contributed by atoms with Crippen LogP contribution in [0, 0.1) is 0 Å². The summed E-state index contributed by atoms with van der Waals surface area (Å²) < 4.78 is 4.47. The number of aromatic nitrogens is 3. The lowest BCUT2D eigenvalue weighted by molar-refractivity contribution is 1.04.